The van der Waals surface area contributed by atoms with E-state index in [4.69, 9.17) is 15.6 Å². The van der Waals surface area contributed by atoms with Crippen LogP contribution in [0.5, 0.6) is 5.75 Å². The Bertz CT molecular complexity index is 399. The summed E-state index contributed by atoms with van der Waals surface area (Å²) in [5.74, 6) is -0.817. The first-order valence-corrected chi connectivity index (χ1v) is 5.22. The van der Waals surface area contributed by atoms with Gasteiger partial charge in [-0.05, 0) is 24.1 Å². The Kier molecular flexibility index (Phi) is 4.66. The largest absolute Gasteiger partial charge is 0.481 e. The van der Waals surface area contributed by atoms with Gasteiger partial charge in [0.15, 0.2) is 0 Å². The zero-order valence-corrected chi connectivity index (χ0v) is 9.55. The maximum atomic E-state index is 10.7. The van der Waals surface area contributed by atoms with E-state index in [-0.39, 0.29) is 12.4 Å². The molecule has 17 heavy (non-hydrogen) atoms. The van der Waals surface area contributed by atoms with Crippen molar-refractivity contribution in [2.45, 2.75) is 25.8 Å². The summed E-state index contributed by atoms with van der Waals surface area (Å²) in [6.45, 7) is 1.33. The van der Waals surface area contributed by atoms with Gasteiger partial charge in [0.25, 0.3) is 0 Å². The van der Waals surface area contributed by atoms with Crippen LogP contribution in [0.2, 0.25) is 0 Å². The van der Waals surface area contributed by atoms with Gasteiger partial charge in [0, 0.05) is 13.0 Å². The standard InChI is InChI=1S/C12H15NO4/c1-8(14)17-11-4-2-9(3-5-11)6-10(13)7-12(15)16/h2-5,10H,6-7,13H2,1H3,(H,15,16)/t10-/m0/s1. The molecule has 0 saturated carbocycles. The molecule has 92 valence electrons. The van der Waals surface area contributed by atoms with E-state index in [1.165, 1.54) is 6.92 Å². The quantitative estimate of drug-likeness (QED) is 0.588. The van der Waals surface area contributed by atoms with Crippen molar-refractivity contribution in [1.82, 2.24) is 0 Å². The second kappa shape index (κ2) is 6.00. The van der Waals surface area contributed by atoms with E-state index in [0.29, 0.717) is 12.2 Å². The summed E-state index contributed by atoms with van der Waals surface area (Å²) in [5, 5.41) is 8.57. The molecule has 1 rings (SSSR count). The highest BCUT2D eigenvalue weighted by molar-refractivity contribution is 5.69. The molecule has 0 saturated heterocycles. The van der Waals surface area contributed by atoms with E-state index >= 15 is 0 Å². The molecule has 0 aliphatic carbocycles. The van der Waals surface area contributed by atoms with Crippen LogP contribution in [0.3, 0.4) is 0 Å². The summed E-state index contributed by atoms with van der Waals surface area (Å²) in [6.07, 6.45) is 0.415. The van der Waals surface area contributed by atoms with Crippen LogP contribution in [0.15, 0.2) is 24.3 Å². The molecule has 0 aliphatic heterocycles. The second-order valence-electron chi connectivity index (χ2n) is 3.80. The lowest BCUT2D eigenvalue weighted by Gasteiger charge is -2.09. The smallest absolute Gasteiger partial charge is 0.308 e. The zero-order valence-electron chi connectivity index (χ0n) is 9.55. The third-order valence-electron chi connectivity index (χ3n) is 2.12. The summed E-state index contributed by atoms with van der Waals surface area (Å²) in [5.41, 5.74) is 6.57. The Morgan fingerprint density at radius 3 is 2.41 bits per heavy atom. The number of hydrogen-bond acceptors (Lipinski definition) is 4. The summed E-state index contributed by atoms with van der Waals surface area (Å²) >= 11 is 0. The molecule has 0 heterocycles. The third kappa shape index (κ3) is 5.12. The molecule has 5 nitrogen and oxygen atoms in total. The van der Waals surface area contributed by atoms with E-state index in [1.54, 1.807) is 24.3 Å². The van der Waals surface area contributed by atoms with Crippen molar-refractivity contribution < 1.29 is 19.4 Å². The van der Waals surface area contributed by atoms with Gasteiger partial charge in [0.1, 0.15) is 5.75 Å². The molecule has 1 aromatic carbocycles. The molecular weight excluding hydrogens is 222 g/mol. The monoisotopic (exact) mass is 237 g/mol. The number of benzene rings is 1. The Morgan fingerprint density at radius 2 is 1.94 bits per heavy atom. The summed E-state index contributed by atoms with van der Waals surface area (Å²) in [7, 11) is 0. The van der Waals surface area contributed by atoms with Crippen LogP contribution in [-0.2, 0) is 16.0 Å². The number of carboxylic acid groups (broad SMARTS) is 1. The van der Waals surface area contributed by atoms with Crippen molar-refractivity contribution in [1.29, 1.82) is 0 Å². The number of carboxylic acids is 1. The first kappa shape index (κ1) is 13.2. The van der Waals surface area contributed by atoms with Crippen LogP contribution in [-0.4, -0.2) is 23.1 Å². The third-order valence-corrected chi connectivity index (χ3v) is 2.12. The van der Waals surface area contributed by atoms with Crippen molar-refractivity contribution in [3.8, 4) is 5.75 Å². The molecular formula is C12H15NO4. The second-order valence-corrected chi connectivity index (χ2v) is 3.80. The van der Waals surface area contributed by atoms with Gasteiger partial charge >= 0.3 is 11.9 Å². The molecule has 0 fully saturated rings. The molecule has 1 atom stereocenters. The highest BCUT2D eigenvalue weighted by Gasteiger charge is 2.09. The summed E-state index contributed by atoms with van der Waals surface area (Å²) < 4.78 is 4.87. The van der Waals surface area contributed by atoms with E-state index < -0.39 is 12.0 Å². The minimum atomic E-state index is -0.908. The first-order chi connectivity index (χ1) is 7.97. The van der Waals surface area contributed by atoms with Crippen LogP contribution in [0, 0.1) is 0 Å². The Balaban J connectivity index is 2.56. The van der Waals surface area contributed by atoms with Crippen LogP contribution in [0.1, 0.15) is 18.9 Å². The number of esters is 1. The maximum absolute atomic E-state index is 10.7. The average molecular weight is 237 g/mol. The van der Waals surface area contributed by atoms with Gasteiger partial charge in [0.2, 0.25) is 0 Å². The van der Waals surface area contributed by atoms with Crippen LogP contribution in [0.25, 0.3) is 0 Å². The first-order valence-electron chi connectivity index (χ1n) is 5.22. The summed E-state index contributed by atoms with van der Waals surface area (Å²) in [4.78, 5) is 21.1. The highest BCUT2D eigenvalue weighted by atomic mass is 16.5. The number of carbonyl (C=O) groups is 2. The predicted octanol–water partition coefficient (Wildman–Crippen LogP) is 0.956. The molecule has 0 radical (unpaired) electrons. The maximum Gasteiger partial charge on any atom is 0.308 e. The number of ether oxygens (including phenoxy) is 1. The minimum Gasteiger partial charge on any atom is -0.481 e. The van der Waals surface area contributed by atoms with Crippen LogP contribution < -0.4 is 10.5 Å². The van der Waals surface area contributed by atoms with Crippen molar-refractivity contribution in [3.63, 3.8) is 0 Å². The number of carbonyl (C=O) groups excluding carboxylic acids is 1. The molecule has 1 aromatic rings. The van der Waals surface area contributed by atoms with Crippen molar-refractivity contribution in [3.05, 3.63) is 29.8 Å². The van der Waals surface area contributed by atoms with Gasteiger partial charge in [-0.15, -0.1) is 0 Å². The molecule has 3 N–H and O–H groups in total. The predicted molar refractivity (Wildman–Crippen MR) is 61.7 cm³/mol. The Labute approximate surface area is 99.2 Å². The Hall–Kier alpha value is -1.88. The normalized spacial score (nSPS) is 11.9. The highest BCUT2D eigenvalue weighted by Crippen LogP contribution is 2.13. The molecule has 5 heteroatoms. The summed E-state index contributed by atoms with van der Waals surface area (Å²) in [6, 6.07) is 6.43. The lowest BCUT2D eigenvalue weighted by Crippen LogP contribution is -2.26. The molecule has 0 aliphatic rings. The van der Waals surface area contributed by atoms with E-state index in [0.717, 1.165) is 5.56 Å². The minimum absolute atomic E-state index is 0.0638. The van der Waals surface area contributed by atoms with Gasteiger partial charge in [-0.25, -0.2) is 0 Å². The van der Waals surface area contributed by atoms with Gasteiger partial charge in [0.05, 0.1) is 6.42 Å². The van der Waals surface area contributed by atoms with Crippen LogP contribution in [0.4, 0.5) is 0 Å². The van der Waals surface area contributed by atoms with Gasteiger partial charge < -0.3 is 15.6 Å². The molecule has 0 unspecified atom stereocenters. The van der Waals surface area contributed by atoms with Gasteiger partial charge in [-0.1, -0.05) is 12.1 Å². The molecule has 0 bridgehead atoms. The van der Waals surface area contributed by atoms with Crippen molar-refractivity contribution >= 4 is 11.9 Å². The van der Waals surface area contributed by atoms with Gasteiger partial charge in [-0.2, -0.15) is 0 Å². The van der Waals surface area contributed by atoms with E-state index in [2.05, 4.69) is 0 Å². The van der Waals surface area contributed by atoms with Gasteiger partial charge in [-0.3, -0.25) is 9.59 Å². The van der Waals surface area contributed by atoms with Crippen LogP contribution >= 0.6 is 0 Å². The number of aliphatic carboxylic acids is 1. The molecule has 0 amide bonds. The van der Waals surface area contributed by atoms with E-state index in [9.17, 15) is 9.59 Å². The molecule has 0 spiro atoms. The fourth-order valence-electron chi connectivity index (χ4n) is 1.46. The number of nitrogens with two attached hydrogens (primary N) is 1. The van der Waals surface area contributed by atoms with E-state index in [1.807, 2.05) is 0 Å². The van der Waals surface area contributed by atoms with Crippen molar-refractivity contribution in [2.24, 2.45) is 5.73 Å². The lowest BCUT2D eigenvalue weighted by molar-refractivity contribution is -0.137. The zero-order chi connectivity index (χ0) is 12.8. The van der Waals surface area contributed by atoms with Crippen molar-refractivity contribution in [2.75, 3.05) is 0 Å². The fourth-order valence-corrected chi connectivity index (χ4v) is 1.46. The Morgan fingerprint density at radius 1 is 1.35 bits per heavy atom. The number of hydrogen-bond donors (Lipinski definition) is 2. The molecule has 0 aromatic heterocycles. The topological polar surface area (TPSA) is 89.6 Å². The average Bonchev–Trinajstić information content (AvgIpc) is 2.18. The number of rotatable bonds is 5. The SMILES string of the molecule is CC(=O)Oc1ccc(C[C@H](N)CC(=O)O)cc1. The fraction of sp³-hybridized carbons (Fsp3) is 0.333. The lowest BCUT2D eigenvalue weighted by atomic mass is 10.0.